The number of carbonyl (C=O) groups excluding carboxylic acids is 3. The molecule has 0 saturated carbocycles. The first-order chi connectivity index (χ1) is 16.9. The van der Waals surface area contributed by atoms with Crippen molar-refractivity contribution in [2.45, 2.75) is 38.3 Å². The number of fused-ring (bicyclic) bond motifs is 1. The van der Waals surface area contributed by atoms with Gasteiger partial charge in [-0.1, -0.05) is 17.9 Å². The highest BCUT2D eigenvalue weighted by Gasteiger charge is 2.39. The molecule has 3 aliphatic heterocycles. The lowest BCUT2D eigenvalue weighted by atomic mass is 9.96. The normalized spacial score (nSPS) is 21.8. The van der Waals surface area contributed by atoms with Crippen LogP contribution < -0.4 is 20.7 Å². The van der Waals surface area contributed by atoms with Gasteiger partial charge in [0, 0.05) is 54.9 Å². The number of nitrogen functional groups attached to an aromatic ring is 1. The molecule has 35 heavy (non-hydrogen) atoms. The van der Waals surface area contributed by atoms with Crippen LogP contribution in [0.1, 0.15) is 47.2 Å². The molecular formula is C27H28N4O4. The van der Waals surface area contributed by atoms with Gasteiger partial charge in [-0.25, -0.2) is 0 Å². The van der Waals surface area contributed by atoms with Crippen molar-refractivity contribution in [2.75, 3.05) is 30.8 Å². The molecular weight excluding hydrogens is 444 g/mol. The Labute approximate surface area is 204 Å². The molecule has 3 aliphatic rings. The molecule has 0 aliphatic carbocycles. The van der Waals surface area contributed by atoms with Crippen molar-refractivity contribution >= 4 is 29.1 Å². The highest BCUT2D eigenvalue weighted by molar-refractivity contribution is 6.05. The van der Waals surface area contributed by atoms with E-state index in [1.54, 1.807) is 18.1 Å². The van der Waals surface area contributed by atoms with Crippen LogP contribution in [-0.4, -0.2) is 48.9 Å². The Hall–Kier alpha value is -3.99. The minimum atomic E-state index is -0.628. The topological polar surface area (TPSA) is 105 Å². The number of piperidine rings is 2. The molecule has 8 nitrogen and oxygen atoms in total. The Bertz CT molecular complexity index is 1260. The molecule has 0 bridgehead atoms. The van der Waals surface area contributed by atoms with Gasteiger partial charge in [0.25, 0.3) is 5.91 Å². The number of anilines is 2. The Kier molecular flexibility index (Phi) is 6.08. The van der Waals surface area contributed by atoms with Crippen LogP contribution in [-0.2, 0) is 16.1 Å². The van der Waals surface area contributed by atoms with Crippen LogP contribution in [0.25, 0.3) is 0 Å². The number of carbonyl (C=O) groups is 3. The predicted molar refractivity (Wildman–Crippen MR) is 132 cm³/mol. The Morgan fingerprint density at radius 1 is 1.14 bits per heavy atom. The van der Waals surface area contributed by atoms with Gasteiger partial charge in [-0.05, 0) is 49.1 Å². The van der Waals surface area contributed by atoms with Crippen LogP contribution in [0.15, 0.2) is 36.4 Å². The monoisotopic (exact) mass is 472 g/mol. The number of hydrogen-bond acceptors (Lipinski definition) is 6. The summed E-state index contributed by atoms with van der Waals surface area (Å²) in [5.41, 5.74) is 9.89. The van der Waals surface area contributed by atoms with Gasteiger partial charge in [-0.2, -0.15) is 0 Å². The van der Waals surface area contributed by atoms with E-state index in [-0.39, 0.29) is 24.2 Å². The summed E-state index contributed by atoms with van der Waals surface area (Å²) in [7, 11) is 1.62. The van der Waals surface area contributed by atoms with Crippen LogP contribution >= 0.6 is 0 Å². The van der Waals surface area contributed by atoms with E-state index >= 15 is 0 Å². The molecule has 2 atom stereocenters. The van der Waals surface area contributed by atoms with Crippen molar-refractivity contribution in [2.24, 2.45) is 5.92 Å². The molecule has 180 valence electrons. The lowest BCUT2D eigenvalue weighted by Gasteiger charge is -2.32. The van der Waals surface area contributed by atoms with Crippen molar-refractivity contribution in [3.63, 3.8) is 0 Å². The van der Waals surface area contributed by atoms with Crippen LogP contribution in [0.2, 0.25) is 0 Å². The number of nitrogens with zero attached hydrogens (tertiary/aromatic N) is 2. The molecule has 2 aromatic carbocycles. The summed E-state index contributed by atoms with van der Waals surface area (Å²) in [6.07, 6.45) is 2.62. The third-order valence-electron chi connectivity index (χ3n) is 7.00. The Morgan fingerprint density at radius 2 is 2.00 bits per heavy atom. The van der Waals surface area contributed by atoms with E-state index in [0.29, 0.717) is 30.0 Å². The third-order valence-corrected chi connectivity index (χ3v) is 7.00. The fourth-order valence-electron chi connectivity index (χ4n) is 5.11. The summed E-state index contributed by atoms with van der Waals surface area (Å²) in [5.74, 6) is 6.73. The molecule has 3 amide bonds. The average Bonchev–Trinajstić information content (AvgIpc) is 3.20. The van der Waals surface area contributed by atoms with Gasteiger partial charge in [0.2, 0.25) is 11.8 Å². The summed E-state index contributed by atoms with van der Waals surface area (Å²) in [6.45, 7) is 2.07. The summed E-state index contributed by atoms with van der Waals surface area (Å²) >= 11 is 0. The van der Waals surface area contributed by atoms with Gasteiger partial charge in [0.1, 0.15) is 11.8 Å². The van der Waals surface area contributed by atoms with Gasteiger partial charge in [0.15, 0.2) is 0 Å². The fraction of sp³-hybridized carbons (Fsp3) is 0.370. The smallest absolute Gasteiger partial charge is 0.255 e. The second kappa shape index (κ2) is 9.34. The van der Waals surface area contributed by atoms with Gasteiger partial charge < -0.3 is 20.3 Å². The molecule has 5 rings (SSSR count). The maximum atomic E-state index is 13.0. The maximum absolute atomic E-state index is 13.0. The Balaban J connectivity index is 1.33. The molecule has 8 heteroatoms. The first-order valence-electron chi connectivity index (χ1n) is 11.9. The van der Waals surface area contributed by atoms with Crippen LogP contribution in [0.3, 0.4) is 0 Å². The third kappa shape index (κ3) is 4.42. The standard InChI is InChI=1S/C27H28N4O4/c1-35-24-14-19(9-10-22(24)28)30-13-3-4-17(15-30)7-8-18-5-2-6-20-21(18)16-31(27(20)34)23-11-12-25(32)29-26(23)33/h2,5-6,9-10,14,17,23H,3-4,11-13,15-16,28H2,1H3,(H,29,32,33)/t17-,23?/m0/s1. The largest absolute Gasteiger partial charge is 0.495 e. The van der Waals surface area contributed by atoms with Crippen molar-refractivity contribution in [3.8, 4) is 17.6 Å². The van der Waals surface area contributed by atoms with E-state index in [0.717, 1.165) is 42.7 Å². The summed E-state index contributed by atoms with van der Waals surface area (Å²) < 4.78 is 5.37. The molecule has 3 N–H and O–H groups in total. The first-order valence-corrected chi connectivity index (χ1v) is 11.9. The van der Waals surface area contributed by atoms with Crippen LogP contribution in [0.4, 0.5) is 11.4 Å². The van der Waals surface area contributed by atoms with E-state index in [9.17, 15) is 14.4 Å². The lowest BCUT2D eigenvalue weighted by molar-refractivity contribution is -0.136. The summed E-state index contributed by atoms with van der Waals surface area (Å²) in [4.78, 5) is 40.8. The predicted octanol–water partition coefficient (Wildman–Crippen LogP) is 2.31. The molecule has 2 aromatic rings. The second-order valence-corrected chi connectivity index (χ2v) is 9.21. The molecule has 0 spiro atoms. The number of benzene rings is 2. The van der Waals surface area contributed by atoms with Crippen molar-refractivity contribution in [1.29, 1.82) is 0 Å². The lowest BCUT2D eigenvalue weighted by Crippen LogP contribution is -2.52. The molecule has 0 aromatic heterocycles. The van der Waals surface area contributed by atoms with Crippen molar-refractivity contribution in [1.82, 2.24) is 10.2 Å². The summed E-state index contributed by atoms with van der Waals surface area (Å²) in [6, 6.07) is 10.8. The minimum absolute atomic E-state index is 0.181. The van der Waals surface area contributed by atoms with E-state index in [1.165, 1.54) is 0 Å². The minimum Gasteiger partial charge on any atom is -0.495 e. The van der Waals surface area contributed by atoms with E-state index in [4.69, 9.17) is 10.5 Å². The number of hydrogen-bond donors (Lipinski definition) is 2. The SMILES string of the molecule is COc1cc(N2CCC[C@@H](C#Cc3cccc4c3CN(C3CCC(=O)NC3=O)C4=O)C2)ccc1N. The average molecular weight is 473 g/mol. The Morgan fingerprint density at radius 3 is 2.80 bits per heavy atom. The number of nitrogens with two attached hydrogens (primary N) is 1. The van der Waals surface area contributed by atoms with Crippen molar-refractivity contribution < 1.29 is 19.1 Å². The van der Waals surface area contributed by atoms with Gasteiger partial charge in [-0.15, -0.1) is 0 Å². The zero-order valence-corrected chi connectivity index (χ0v) is 19.7. The number of methoxy groups -OCH3 is 1. The quantitative estimate of drug-likeness (QED) is 0.404. The van der Waals surface area contributed by atoms with E-state index in [1.807, 2.05) is 30.3 Å². The van der Waals surface area contributed by atoms with E-state index < -0.39 is 11.9 Å². The zero-order valence-electron chi connectivity index (χ0n) is 19.7. The van der Waals surface area contributed by atoms with Gasteiger partial charge in [-0.3, -0.25) is 19.7 Å². The fourth-order valence-corrected chi connectivity index (χ4v) is 5.11. The van der Waals surface area contributed by atoms with Gasteiger partial charge >= 0.3 is 0 Å². The van der Waals surface area contributed by atoms with Crippen LogP contribution in [0.5, 0.6) is 5.75 Å². The van der Waals surface area contributed by atoms with Crippen LogP contribution in [0, 0.1) is 17.8 Å². The molecule has 1 unspecified atom stereocenters. The molecule has 0 radical (unpaired) electrons. The summed E-state index contributed by atoms with van der Waals surface area (Å²) in [5, 5.41) is 2.35. The highest BCUT2D eigenvalue weighted by Crippen LogP contribution is 2.31. The number of amides is 3. The van der Waals surface area contributed by atoms with E-state index in [2.05, 4.69) is 22.1 Å². The molecule has 2 saturated heterocycles. The number of ether oxygens (including phenoxy) is 1. The maximum Gasteiger partial charge on any atom is 0.255 e. The number of nitrogens with one attached hydrogen (secondary N) is 1. The highest BCUT2D eigenvalue weighted by atomic mass is 16.5. The zero-order chi connectivity index (χ0) is 24.5. The molecule has 2 fully saturated rings. The van der Waals surface area contributed by atoms with Gasteiger partial charge in [0.05, 0.1) is 12.8 Å². The number of rotatable bonds is 3. The first kappa shape index (κ1) is 22.8. The second-order valence-electron chi connectivity index (χ2n) is 9.21. The number of imide groups is 1. The molecule has 3 heterocycles. The van der Waals surface area contributed by atoms with Crippen molar-refractivity contribution in [3.05, 3.63) is 53.1 Å².